The van der Waals surface area contributed by atoms with Gasteiger partial charge in [0, 0.05) is 18.0 Å². The fraction of sp³-hybridized carbons (Fsp3) is 0.263. The van der Waals surface area contributed by atoms with E-state index in [1.165, 1.54) is 12.1 Å². The van der Waals surface area contributed by atoms with Gasteiger partial charge in [-0.05, 0) is 48.1 Å². The molecule has 2 aromatic rings. The zero-order chi connectivity index (χ0) is 15.1. The number of Topliss-reactive ketones (excluding diaryl/α,β-unsaturated/α-hetero) is 1. The Morgan fingerprint density at radius 2 is 1.82 bits per heavy atom. The second-order valence-corrected chi connectivity index (χ2v) is 6.13. The minimum absolute atomic E-state index is 0.0876. The van der Waals surface area contributed by atoms with Gasteiger partial charge in [0.25, 0.3) is 0 Å². The number of hydrogen-bond donors (Lipinski definition) is 0. The first-order valence-electron chi connectivity index (χ1n) is 7.63. The third kappa shape index (κ3) is 2.08. The quantitative estimate of drug-likeness (QED) is 0.632. The third-order valence-electron chi connectivity index (χ3n) is 4.93. The number of nitrogens with zero attached hydrogens (tertiary/aromatic N) is 1. The van der Waals surface area contributed by atoms with E-state index >= 15 is 0 Å². The molecule has 2 aliphatic rings. The van der Waals surface area contributed by atoms with Crippen molar-refractivity contribution >= 4 is 5.78 Å². The molecule has 0 spiro atoms. The number of hydrogen-bond acceptors (Lipinski definition) is 2. The van der Waals surface area contributed by atoms with Crippen LogP contribution in [-0.4, -0.2) is 10.8 Å². The van der Waals surface area contributed by atoms with Crippen molar-refractivity contribution < 1.29 is 9.18 Å². The van der Waals surface area contributed by atoms with E-state index in [-0.39, 0.29) is 29.4 Å². The molecule has 2 bridgehead atoms. The molecule has 1 heterocycles. The fourth-order valence-electron chi connectivity index (χ4n) is 4.00. The number of fused-ring (bicyclic) bond motifs is 2. The van der Waals surface area contributed by atoms with Gasteiger partial charge < -0.3 is 0 Å². The lowest BCUT2D eigenvalue weighted by atomic mass is 9.75. The Kier molecular flexibility index (Phi) is 3.14. The van der Waals surface area contributed by atoms with Gasteiger partial charge in [-0.25, -0.2) is 4.39 Å². The van der Waals surface area contributed by atoms with Crippen molar-refractivity contribution in [3.63, 3.8) is 0 Å². The number of benzene rings is 1. The zero-order valence-corrected chi connectivity index (χ0v) is 12.0. The molecule has 0 aliphatic heterocycles. The molecule has 4 atom stereocenters. The molecule has 0 unspecified atom stereocenters. The lowest BCUT2D eigenvalue weighted by molar-refractivity contribution is 0.0881. The number of pyridine rings is 1. The maximum absolute atomic E-state index is 13.2. The van der Waals surface area contributed by atoms with E-state index in [0.717, 1.165) is 12.0 Å². The van der Waals surface area contributed by atoms with Crippen LogP contribution in [0.2, 0.25) is 0 Å². The number of rotatable bonds is 3. The molecular weight excluding hydrogens is 277 g/mol. The summed E-state index contributed by atoms with van der Waals surface area (Å²) in [5.74, 6) is 0.546. The topological polar surface area (TPSA) is 30.0 Å². The van der Waals surface area contributed by atoms with E-state index in [1.54, 1.807) is 12.3 Å². The third-order valence-corrected chi connectivity index (χ3v) is 4.93. The summed E-state index contributed by atoms with van der Waals surface area (Å²) in [5, 5.41) is 0. The van der Waals surface area contributed by atoms with Crippen LogP contribution in [-0.2, 0) is 0 Å². The molecule has 0 amide bonds. The predicted octanol–water partition coefficient (Wildman–Crippen LogP) is 4.01. The van der Waals surface area contributed by atoms with E-state index in [1.807, 2.05) is 24.3 Å². The van der Waals surface area contributed by atoms with E-state index in [4.69, 9.17) is 0 Å². The van der Waals surface area contributed by atoms with Crippen molar-refractivity contribution in [3.8, 4) is 0 Å². The van der Waals surface area contributed by atoms with E-state index < -0.39 is 0 Å². The van der Waals surface area contributed by atoms with Gasteiger partial charge in [0.15, 0.2) is 5.78 Å². The molecule has 2 nitrogen and oxygen atoms in total. The molecule has 1 aromatic heterocycles. The molecular formula is C19H16FNO. The first-order chi connectivity index (χ1) is 10.7. The van der Waals surface area contributed by atoms with Crippen LogP contribution in [0.1, 0.15) is 28.4 Å². The molecule has 4 rings (SSSR count). The highest BCUT2D eigenvalue weighted by Gasteiger charge is 2.48. The van der Waals surface area contributed by atoms with Gasteiger partial charge in [0.2, 0.25) is 0 Å². The van der Waals surface area contributed by atoms with Crippen molar-refractivity contribution in [1.29, 1.82) is 0 Å². The first kappa shape index (κ1) is 13.4. The minimum atomic E-state index is -0.241. The molecule has 110 valence electrons. The standard InChI is InChI=1S/C19H16FNO/c20-15-8-6-12(7-9-15)17-13-4-5-14(11-13)18(17)19(22)16-3-1-2-10-21-16/h1-10,13-14,17-18H,11H2/t13-,14+,17+,18+/m0/s1. The van der Waals surface area contributed by atoms with Crippen molar-refractivity contribution in [2.24, 2.45) is 17.8 Å². The van der Waals surface area contributed by atoms with Crippen LogP contribution >= 0.6 is 0 Å². The molecule has 22 heavy (non-hydrogen) atoms. The maximum atomic E-state index is 13.2. The Morgan fingerprint density at radius 1 is 1.05 bits per heavy atom. The highest BCUT2D eigenvalue weighted by molar-refractivity contribution is 5.97. The average molecular weight is 293 g/mol. The number of halogens is 1. The van der Waals surface area contributed by atoms with Gasteiger partial charge >= 0.3 is 0 Å². The van der Waals surface area contributed by atoms with Crippen LogP contribution < -0.4 is 0 Å². The summed E-state index contributed by atoms with van der Waals surface area (Å²) in [6.07, 6.45) is 7.03. The smallest absolute Gasteiger partial charge is 0.185 e. The highest BCUT2D eigenvalue weighted by atomic mass is 19.1. The fourth-order valence-corrected chi connectivity index (χ4v) is 4.00. The second-order valence-electron chi connectivity index (χ2n) is 6.13. The Bertz CT molecular complexity index is 723. The van der Waals surface area contributed by atoms with Crippen molar-refractivity contribution in [1.82, 2.24) is 4.98 Å². The van der Waals surface area contributed by atoms with Crippen LogP contribution in [0.15, 0.2) is 60.8 Å². The number of aromatic nitrogens is 1. The summed E-state index contributed by atoms with van der Waals surface area (Å²) in [5.41, 5.74) is 1.58. The van der Waals surface area contributed by atoms with Gasteiger partial charge in [-0.2, -0.15) is 0 Å². The summed E-state index contributed by atoms with van der Waals surface area (Å²) >= 11 is 0. The molecule has 1 aromatic carbocycles. The van der Waals surface area contributed by atoms with Crippen LogP contribution in [0.3, 0.4) is 0 Å². The van der Waals surface area contributed by atoms with Crippen LogP contribution in [0.5, 0.6) is 0 Å². The Labute approximate surface area is 128 Å². The lowest BCUT2D eigenvalue weighted by Gasteiger charge is -2.27. The molecule has 1 saturated carbocycles. The van der Waals surface area contributed by atoms with Crippen LogP contribution in [0.25, 0.3) is 0 Å². The number of carbonyl (C=O) groups is 1. The predicted molar refractivity (Wildman–Crippen MR) is 81.9 cm³/mol. The number of ketones is 1. The molecule has 0 saturated heterocycles. The molecule has 0 N–H and O–H groups in total. The molecule has 3 heteroatoms. The summed E-state index contributed by atoms with van der Waals surface area (Å²) in [7, 11) is 0. The molecule has 2 aliphatic carbocycles. The zero-order valence-electron chi connectivity index (χ0n) is 12.0. The van der Waals surface area contributed by atoms with Gasteiger partial charge in [0.05, 0.1) is 0 Å². The van der Waals surface area contributed by atoms with Gasteiger partial charge in [0.1, 0.15) is 11.5 Å². The number of allylic oxidation sites excluding steroid dienone is 2. The maximum Gasteiger partial charge on any atom is 0.185 e. The van der Waals surface area contributed by atoms with Crippen LogP contribution in [0.4, 0.5) is 4.39 Å². The van der Waals surface area contributed by atoms with Gasteiger partial charge in [-0.15, -0.1) is 0 Å². The van der Waals surface area contributed by atoms with E-state index in [0.29, 0.717) is 11.6 Å². The highest BCUT2D eigenvalue weighted by Crippen LogP contribution is 2.53. The minimum Gasteiger partial charge on any atom is -0.292 e. The van der Waals surface area contributed by atoms with Crippen LogP contribution in [0, 0.1) is 23.6 Å². The second kappa shape index (κ2) is 5.16. The van der Waals surface area contributed by atoms with Crippen molar-refractivity contribution in [2.75, 3.05) is 0 Å². The average Bonchev–Trinajstić information content (AvgIpc) is 3.17. The van der Waals surface area contributed by atoms with E-state index in [2.05, 4.69) is 17.1 Å². The largest absolute Gasteiger partial charge is 0.292 e. The monoisotopic (exact) mass is 293 g/mol. The first-order valence-corrected chi connectivity index (χ1v) is 7.63. The van der Waals surface area contributed by atoms with Crippen molar-refractivity contribution in [2.45, 2.75) is 12.3 Å². The summed E-state index contributed by atoms with van der Waals surface area (Å²) in [4.78, 5) is 17.1. The number of carbonyl (C=O) groups excluding carboxylic acids is 1. The molecule has 0 radical (unpaired) electrons. The summed E-state index contributed by atoms with van der Waals surface area (Å²) < 4.78 is 13.2. The summed E-state index contributed by atoms with van der Waals surface area (Å²) in [6.45, 7) is 0. The molecule has 1 fully saturated rings. The SMILES string of the molecule is O=C(c1ccccn1)[C@H]1[C@H](c2ccc(F)cc2)[C@H]2C=C[C@@H]1C2. The lowest BCUT2D eigenvalue weighted by Crippen LogP contribution is -2.27. The summed E-state index contributed by atoms with van der Waals surface area (Å²) in [6, 6.07) is 12.0. The van der Waals surface area contributed by atoms with Gasteiger partial charge in [-0.3, -0.25) is 9.78 Å². The van der Waals surface area contributed by atoms with Crippen molar-refractivity contribution in [3.05, 3.63) is 77.9 Å². The van der Waals surface area contributed by atoms with E-state index in [9.17, 15) is 9.18 Å². The van der Waals surface area contributed by atoms with Gasteiger partial charge in [-0.1, -0.05) is 30.4 Å². The normalized spacial score (nSPS) is 29.0. The Balaban J connectivity index is 1.72. The Morgan fingerprint density at radius 3 is 2.55 bits per heavy atom. The Hall–Kier alpha value is -2.29.